The van der Waals surface area contributed by atoms with E-state index in [0.29, 0.717) is 0 Å². The van der Waals surface area contributed by atoms with Crippen LogP contribution < -0.4 is 0 Å². The first-order chi connectivity index (χ1) is 6.33. The van der Waals surface area contributed by atoms with Crippen LogP contribution in [-0.4, -0.2) is 0 Å². The van der Waals surface area contributed by atoms with Crippen molar-refractivity contribution in [1.82, 2.24) is 0 Å². The Morgan fingerprint density at radius 2 is 1.47 bits per heavy atom. The molecule has 0 bridgehead atoms. The maximum atomic E-state index is 2.22. The topological polar surface area (TPSA) is 0 Å². The van der Waals surface area contributed by atoms with Crippen LogP contribution in [0.1, 0.15) is 52.3 Å². The van der Waals surface area contributed by atoms with E-state index in [1.807, 2.05) is 0 Å². The van der Waals surface area contributed by atoms with E-state index < -0.39 is 0 Å². The van der Waals surface area contributed by atoms with Crippen LogP contribution in [0, 0.1) is 0 Å². The van der Waals surface area contributed by atoms with Crippen LogP contribution in [0.25, 0.3) is 6.08 Å². The van der Waals surface area contributed by atoms with Gasteiger partial charge in [-0.15, -0.1) is 0 Å². The second-order valence-corrected chi connectivity index (χ2v) is 3.20. The number of allylic oxidation sites excluding steroid dienone is 1. The smallest absolute Gasteiger partial charge is 0.0196 e. The molecular formula is C15H26. The largest absolute Gasteiger partial charge is 0.0870 e. The zero-order chi connectivity index (χ0) is 9.68. The molecule has 0 atom stereocenters. The zero-order valence-corrected chi connectivity index (χ0v) is 8.80. The van der Waals surface area contributed by atoms with Gasteiger partial charge < -0.3 is 0 Å². The van der Waals surface area contributed by atoms with Crippen LogP contribution in [0.2, 0.25) is 0 Å². The van der Waals surface area contributed by atoms with Crippen LogP contribution in [0.15, 0.2) is 24.3 Å². The molecule has 0 fully saturated rings. The highest BCUT2D eigenvalue weighted by atomic mass is 14.1. The van der Waals surface area contributed by atoms with Gasteiger partial charge in [0.15, 0.2) is 0 Å². The predicted molar refractivity (Wildman–Crippen MR) is 73.4 cm³/mol. The van der Waals surface area contributed by atoms with Crippen LogP contribution >= 0.6 is 0 Å². The van der Waals surface area contributed by atoms with Gasteiger partial charge in [-0.3, -0.25) is 0 Å². The van der Waals surface area contributed by atoms with Crippen molar-refractivity contribution in [2.24, 2.45) is 0 Å². The van der Waals surface area contributed by atoms with E-state index in [-0.39, 0.29) is 14.9 Å². The van der Waals surface area contributed by atoms with Gasteiger partial charge >= 0.3 is 0 Å². The Kier molecular flexibility index (Phi) is 9.05. The molecule has 0 heterocycles. The lowest BCUT2D eigenvalue weighted by Gasteiger charge is -2.08. The Bertz CT molecular complexity index is 273. The molecule has 0 spiro atoms. The van der Waals surface area contributed by atoms with E-state index in [9.17, 15) is 0 Å². The van der Waals surface area contributed by atoms with Gasteiger partial charge in [-0.2, -0.15) is 0 Å². The molecule has 0 saturated heterocycles. The van der Waals surface area contributed by atoms with E-state index in [4.69, 9.17) is 0 Å². The average Bonchev–Trinajstić information content (AvgIpc) is 2.18. The number of hydrogen-bond acceptors (Lipinski definition) is 0. The minimum absolute atomic E-state index is 0. The molecule has 1 aromatic carbocycles. The van der Waals surface area contributed by atoms with Crippen LogP contribution in [0.5, 0.6) is 0 Å². The summed E-state index contributed by atoms with van der Waals surface area (Å²) in [7, 11) is 0. The summed E-state index contributed by atoms with van der Waals surface area (Å²) in [4.78, 5) is 0. The summed E-state index contributed by atoms with van der Waals surface area (Å²) in [5.74, 6) is 0. The van der Waals surface area contributed by atoms with Gasteiger partial charge in [0.25, 0.3) is 0 Å². The summed E-state index contributed by atoms with van der Waals surface area (Å²) in [5.41, 5.74) is 4.34. The summed E-state index contributed by atoms with van der Waals surface area (Å²) in [6.45, 7) is 6.50. The van der Waals surface area contributed by atoms with Gasteiger partial charge in [-0.1, -0.05) is 59.1 Å². The Morgan fingerprint density at radius 3 is 1.80 bits per heavy atom. The summed E-state index contributed by atoms with van der Waals surface area (Å²) in [6, 6.07) is 6.59. The van der Waals surface area contributed by atoms with Crippen molar-refractivity contribution in [3.05, 3.63) is 41.0 Å². The normalized spacial score (nSPS) is 9.53. The lowest BCUT2D eigenvalue weighted by molar-refractivity contribution is 1.08. The minimum atomic E-state index is 0. The summed E-state index contributed by atoms with van der Waals surface area (Å²) in [5, 5.41) is 0. The van der Waals surface area contributed by atoms with E-state index in [2.05, 4.69) is 51.1 Å². The van der Waals surface area contributed by atoms with Crippen molar-refractivity contribution in [2.45, 2.75) is 48.5 Å². The van der Waals surface area contributed by atoms with Gasteiger partial charge in [-0.25, -0.2) is 0 Å². The first kappa shape index (κ1) is 16.4. The van der Waals surface area contributed by atoms with Crippen LogP contribution in [0.3, 0.4) is 0 Å². The summed E-state index contributed by atoms with van der Waals surface area (Å²) in [6.07, 6.45) is 6.58. The van der Waals surface area contributed by atoms with Gasteiger partial charge in [0.1, 0.15) is 0 Å². The molecule has 0 amide bonds. The quantitative estimate of drug-likeness (QED) is 0.644. The molecule has 86 valence electrons. The molecule has 0 nitrogen and oxygen atoms in total. The SMILES string of the molecule is C.C.C/C=C\c1c(CC)cccc1CC. The molecular weight excluding hydrogens is 180 g/mol. The van der Waals surface area contributed by atoms with Crippen LogP contribution in [0.4, 0.5) is 0 Å². The Hall–Kier alpha value is -1.04. The Morgan fingerprint density at radius 1 is 1.00 bits per heavy atom. The number of aryl methyl sites for hydroxylation is 2. The van der Waals surface area contributed by atoms with Crippen molar-refractivity contribution in [1.29, 1.82) is 0 Å². The third-order valence-corrected chi connectivity index (χ3v) is 2.38. The van der Waals surface area contributed by atoms with Crippen molar-refractivity contribution in [2.75, 3.05) is 0 Å². The highest BCUT2D eigenvalue weighted by Crippen LogP contribution is 2.17. The molecule has 0 aliphatic carbocycles. The first-order valence-electron chi connectivity index (χ1n) is 5.06. The molecule has 0 unspecified atom stereocenters. The molecule has 0 aliphatic rings. The van der Waals surface area contributed by atoms with Gasteiger partial charge in [0, 0.05) is 0 Å². The van der Waals surface area contributed by atoms with E-state index >= 15 is 0 Å². The standard InChI is InChI=1S/C13H18.2CH4/c1-4-8-13-11(5-2)9-7-10-12(13)6-3;;/h4,7-10H,5-6H2,1-3H3;2*1H4/b8-4-;;. The first-order valence-corrected chi connectivity index (χ1v) is 5.06. The fraction of sp³-hybridized carbons (Fsp3) is 0.467. The number of benzene rings is 1. The highest BCUT2D eigenvalue weighted by molar-refractivity contribution is 5.58. The molecule has 0 heteroatoms. The van der Waals surface area contributed by atoms with Crippen molar-refractivity contribution < 1.29 is 0 Å². The molecule has 1 aromatic rings. The molecule has 0 saturated carbocycles. The van der Waals surface area contributed by atoms with Gasteiger partial charge in [-0.05, 0) is 36.5 Å². The maximum absolute atomic E-state index is 2.22. The van der Waals surface area contributed by atoms with Crippen molar-refractivity contribution in [3.63, 3.8) is 0 Å². The van der Waals surface area contributed by atoms with E-state index in [1.54, 1.807) is 0 Å². The zero-order valence-electron chi connectivity index (χ0n) is 8.80. The molecule has 0 aromatic heterocycles. The predicted octanol–water partition coefficient (Wildman–Crippen LogP) is 5.12. The highest BCUT2D eigenvalue weighted by Gasteiger charge is 2.01. The third-order valence-electron chi connectivity index (χ3n) is 2.38. The summed E-state index contributed by atoms with van der Waals surface area (Å²) < 4.78 is 0. The minimum Gasteiger partial charge on any atom is -0.0870 e. The second-order valence-electron chi connectivity index (χ2n) is 3.20. The number of rotatable bonds is 3. The van der Waals surface area contributed by atoms with E-state index in [1.165, 1.54) is 16.7 Å². The third kappa shape index (κ3) is 3.91. The Labute approximate surface area is 96.0 Å². The molecule has 0 N–H and O–H groups in total. The fourth-order valence-electron chi connectivity index (χ4n) is 1.66. The summed E-state index contributed by atoms with van der Waals surface area (Å²) >= 11 is 0. The molecule has 1 rings (SSSR count). The molecule has 15 heavy (non-hydrogen) atoms. The lowest BCUT2D eigenvalue weighted by atomic mass is 9.97. The molecule has 0 radical (unpaired) electrons. The van der Waals surface area contributed by atoms with Crippen LogP contribution in [-0.2, 0) is 12.8 Å². The lowest BCUT2D eigenvalue weighted by Crippen LogP contribution is -1.92. The van der Waals surface area contributed by atoms with E-state index in [0.717, 1.165) is 12.8 Å². The molecule has 0 aliphatic heterocycles. The average molecular weight is 206 g/mol. The second kappa shape index (κ2) is 8.28. The van der Waals surface area contributed by atoms with Crippen molar-refractivity contribution in [3.8, 4) is 0 Å². The Balaban J connectivity index is 0. The fourth-order valence-corrected chi connectivity index (χ4v) is 1.66. The number of hydrogen-bond donors (Lipinski definition) is 0. The monoisotopic (exact) mass is 206 g/mol. The van der Waals surface area contributed by atoms with Gasteiger partial charge in [0.2, 0.25) is 0 Å². The maximum Gasteiger partial charge on any atom is -0.0196 e. The van der Waals surface area contributed by atoms with Gasteiger partial charge in [0.05, 0.1) is 0 Å². The van der Waals surface area contributed by atoms with Crippen molar-refractivity contribution >= 4 is 6.08 Å².